The number of carboxylic acid groups (broad SMARTS) is 1. The van der Waals surface area contributed by atoms with Gasteiger partial charge in [-0.25, -0.2) is 9.07 Å². The predicted octanol–water partition coefficient (Wildman–Crippen LogP) is 0.838. The van der Waals surface area contributed by atoms with E-state index in [1.165, 1.54) is 28.8 Å². The van der Waals surface area contributed by atoms with Crippen LogP contribution in [0.1, 0.15) is 23.9 Å². The van der Waals surface area contributed by atoms with Crippen molar-refractivity contribution in [2.24, 2.45) is 0 Å². The zero-order chi connectivity index (χ0) is 17.7. The van der Waals surface area contributed by atoms with Gasteiger partial charge in [-0.15, -0.1) is 5.10 Å². The topological polar surface area (TPSA) is 101 Å². The molecule has 0 saturated carbocycles. The molecule has 1 aromatic heterocycles. The number of aromatic nitrogens is 4. The maximum atomic E-state index is 13.4. The van der Waals surface area contributed by atoms with Gasteiger partial charge in [0.2, 0.25) is 5.91 Å². The Kier molecular flexibility index (Phi) is 5.56. The van der Waals surface area contributed by atoms with E-state index in [9.17, 15) is 14.0 Å². The second-order valence-corrected chi connectivity index (χ2v) is 5.42. The number of benzene rings is 1. The lowest BCUT2D eigenvalue weighted by Gasteiger charge is -2.23. The zero-order valence-electron chi connectivity index (χ0n) is 13.4. The van der Waals surface area contributed by atoms with Crippen molar-refractivity contribution in [2.45, 2.75) is 25.8 Å². The Morgan fingerprint density at radius 3 is 2.75 bits per heavy atom. The van der Waals surface area contributed by atoms with E-state index in [2.05, 4.69) is 15.5 Å². The molecule has 2 rings (SSSR count). The monoisotopic (exact) mass is 335 g/mol. The standard InChI is InChI=1S/C15H18FN5O3/c1-10-17-18-19-21(10)13(9-11-4-3-5-12(16)8-11)15(24)20(2)7-6-14(22)23/h3-5,8,13H,6-7,9H2,1-2H3,(H,22,23). The average Bonchev–Trinajstić information content (AvgIpc) is 2.95. The van der Waals surface area contributed by atoms with Gasteiger partial charge in [-0.05, 0) is 35.0 Å². The van der Waals surface area contributed by atoms with Gasteiger partial charge in [0.15, 0.2) is 0 Å². The summed E-state index contributed by atoms with van der Waals surface area (Å²) in [6.45, 7) is 1.72. The predicted molar refractivity (Wildman–Crippen MR) is 81.6 cm³/mol. The van der Waals surface area contributed by atoms with E-state index >= 15 is 0 Å². The van der Waals surface area contributed by atoms with Crippen molar-refractivity contribution in [3.05, 3.63) is 41.5 Å². The SMILES string of the molecule is Cc1nnnn1C(Cc1cccc(F)c1)C(=O)N(C)CCC(=O)O. The van der Waals surface area contributed by atoms with Crippen molar-refractivity contribution < 1.29 is 19.1 Å². The fourth-order valence-electron chi connectivity index (χ4n) is 2.32. The van der Waals surface area contributed by atoms with Gasteiger partial charge < -0.3 is 10.0 Å². The average molecular weight is 335 g/mol. The molecule has 8 nitrogen and oxygen atoms in total. The lowest BCUT2D eigenvalue weighted by Crippen LogP contribution is -2.37. The number of aryl methyl sites for hydroxylation is 1. The minimum absolute atomic E-state index is 0.0645. The van der Waals surface area contributed by atoms with Crippen molar-refractivity contribution in [1.82, 2.24) is 25.1 Å². The fourth-order valence-corrected chi connectivity index (χ4v) is 2.32. The van der Waals surface area contributed by atoms with Crippen LogP contribution in [-0.2, 0) is 16.0 Å². The molecule has 1 heterocycles. The fraction of sp³-hybridized carbons (Fsp3) is 0.400. The van der Waals surface area contributed by atoms with Gasteiger partial charge in [0.1, 0.15) is 17.7 Å². The van der Waals surface area contributed by atoms with Crippen LogP contribution >= 0.6 is 0 Å². The Balaban J connectivity index is 2.24. The van der Waals surface area contributed by atoms with Gasteiger partial charge in [0.05, 0.1) is 6.42 Å². The summed E-state index contributed by atoms with van der Waals surface area (Å²) in [6, 6.07) is 5.16. The molecule has 0 fully saturated rings. The van der Waals surface area contributed by atoms with Crippen LogP contribution in [0.15, 0.2) is 24.3 Å². The second-order valence-electron chi connectivity index (χ2n) is 5.42. The normalized spacial score (nSPS) is 12.0. The summed E-state index contributed by atoms with van der Waals surface area (Å²) >= 11 is 0. The summed E-state index contributed by atoms with van der Waals surface area (Å²) < 4.78 is 14.8. The van der Waals surface area contributed by atoms with Crippen LogP contribution < -0.4 is 0 Å². The number of amides is 1. The summed E-state index contributed by atoms with van der Waals surface area (Å²) in [5.74, 6) is -1.28. The van der Waals surface area contributed by atoms with E-state index in [0.717, 1.165) is 0 Å². The molecule has 1 unspecified atom stereocenters. The van der Waals surface area contributed by atoms with Crippen LogP contribution in [0.5, 0.6) is 0 Å². The van der Waals surface area contributed by atoms with E-state index in [-0.39, 0.29) is 25.3 Å². The maximum absolute atomic E-state index is 13.4. The molecule has 0 saturated heterocycles. The van der Waals surface area contributed by atoms with Crippen LogP contribution in [0.3, 0.4) is 0 Å². The van der Waals surface area contributed by atoms with E-state index in [0.29, 0.717) is 11.4 Å². The zero-order valence-corrected chi connectivity index (χ0v) is 13.4. The molecule has 0 aliphatic heterocycles. The van der Waals surface area contributed by atoms with Crippen molar-refractivity contribution in [2.75, 3.05) is 13.6 Å². The molecular formula is C15H18FN5O3. The maximum Gasteiger partial charge on any atom is 0.305 e. The molecule has 0 aliphatic rings. The van der Waals surface area contributed by atoms with Crippen LogP contribution in [0.25, 0.3) is 0 Å². The molecule has 9 heteroatoms. The molecule has 2 aromatic rings. The highest BCUT2D eigenvalue weighted by atomic mass is 19.1. The molecule has 1 N–H and O–H groups in total. The third kappa shape index (κ3) is 4.34. The Labute approximate surface area is 137 Å². The molecule has 128 valence electrons. The Morgan fingerprint density at radius 1 is 1.42 bits per heavy atom. The summed E-state index contributed by atoms with van der Waals surface area (Å²) in [5, 5.41) is 19.9. The molecule has 1 amide bonds. The number of carboxylic acids is 1. The van der Waals surface area contributed by atoms with Gasteiger partial charge in [0.25, 0.3) is 0 Å². The number of carbonyl (C=O) groups is 2. The largest absolute Gasteiger partial charge is 0.481 e. The minimum atomic E-state index is -0.991. The lowest BCUT2D eigenvalue weighted by atomic mass is 10.0. The van der Waals surface area contributed by atoms with Gasteiger partial charge in [-0.2, -0.15) is 0 Å². The molecule has 0 bridgehead atoms. The first-order valence-electron chi connectivity index (χ1n) is 7.34. The first-order valence-corrected chi connectivity index (χ1v) is 7.34. The van der Waals surface area contributed by atoms with Crippen LogP contribution in [0, 0.1) is 12.7 Å². The van der Waals surface area contributed by atoms with Crippen molar-refractivity contribution >= 4 is 11.9 Å². The summed E-state index contributed by atoms with van der Waals surface area (Å²) in [5.41, 5.74) is 0.620. The Morgan fingerprint density at radius 2 is 2.17 bits per heavy atom. The Hall–Kier alpha value is -2.84. The number of hydrogen-bond acceptors (Lipinski definition) is 5. The Bertz CT molecular complexity index is 733. The molecule has 0 aliphatic carbocycles. The van der Waals surface area contributed by atoms with E-state index in [4.69, 9.17) is 5.11 Å². The third-order valence-corrected chi connectivity index (χ3v) is 3.59. The van der Waals surface area contributed by atoms with E-state index in [1.807, 2.05) is 0 Å². The van der Waals surface area contributed by atoms with Gasteiger partial charge in [0, 0.05) is 20.0 Å². The second kappa shape index (κ2) is 7.62. The first kappa shape index (κ1) is 17.5. The first-order chi connectivity index (χ1) is 11.4. The number of rotatable bonds is 7. The highest BCUT2D eigenvalue weighted by Gasteiger charge is 2.27. The number of carbonyl (C=O) groups excluding carboxylic acids is 1. The van der Waals surface area contributed by atoms with E-state index in [1.54, 1.807) is 19.1 Å². The number of aliphatic carboxylic acids is 1. The van der Waals surface area contributed by atoms with Crippen LogP contribution in [0.2, 0.25) is 0 Å². The molecule has 0 radical (unpaired) electrons. The lowest BCUT2D eigenvalue weighted by molar-refractivity contribution is -0.139. The van der Waals surface area contributed by atoms with Gasteiger partial charge in [-0.1, -0.05) is 12.1 Å². The molecule has 1 atom stereocenters. The number of hydrogen-bond donors (Lipinski definition) is 1. The highest BCUT2D eigenvalue weighted by Crippen LogP contribution is 2.18. The minimum Gasteiger partial charge on any atom is -0.481 e. The molecular weight excluding hydrogens is 317 g/mol. The number of halogens is 1. The molecule has 24 heavy (non-hydrogen) atoms. The number of likely N-dealkylation sites (N-methyl/N-ethyl adjacent to an activating group) is 1. The van der Waals surface area contributed by atoms with Crippen molar-refractivity contribution in [1.29, 1.82) is 0 Å². The van der Waals surface area contributed by atoms with Gasteiger partial charge in [-0.3, -0.25) is 9.59 Å². The number of nitrogens with zero attached hydrogens (tertiary/aromatic N) is 5. The smallest absolute Gasteiger partial charge is 0.305 e. The summed E-state index contributed by atoms with van der Waals surface area (Å²) in [6.07, 6.45) is 0.0311. The summed E-state index contributed by atoms with van der Waals surface area (Å²) in [4.78, 5) is 24.7. The molecule has 1 aromatic carbocycles. The van der Waals surface area contributed by atoms with Crippen LogP contribution in [-0.4, -0.2) is 55.7 Å². The quantitative estimate of drug-likeness (QED) is 0.804. The highest BCUT2D eigenvalue weighted by molar-refractivity contribution is 5.81. The van der Waals surface area contributed by atoms with E-state index < -0.39 is 17.8 Å². The number of tetrazole rings is 1. The van der Waals surface area contributed by atoms with Crippen molar-refractivity contribution in [3.8, 4) is 0 Å². The van der Waals surface area contributed by atoms with Crippen LogP contribution in [0.4, 0.5) is 4.39 Å². The van der Waals surface area contributed by atoms with Crippen molar-refractivity contribution in [3.63, 3.8) is 0 Å². The summed E-state index contributed by atoms with van der Waals surface area (Å²) in [7, 11) is 1.52. The van der Waals surface area contributed by atoms with Gasteiger partial charge >= 0.3 is 5.97 Å². The molecule has 0 spiro atoms. The third-order valence-electron chi connectivity index (χ3n) is 3.59.